The highest BCUT2D eigenvalue weighted by Gasteiger charge is 2.60. The quantitative estimate of drug-likeness (QED) is 0.336. The molecule has 1 aliphatic carbocycles. The fourth-order valence-electron chi connectivity index (χ4n) is 3.59. The molecule has 0 amide bonds. The Bertz CT molecular complexity index is 605. The highest BCUT2D eigenvalue weighted by molar-refractivity contribution is 5.91. The van der Waals surface area contributed by atoms with E-state index in [9.17, 15) is 9.59 Å². The summed E-state index contributed by atoms with van der Waals surface area (Å²) in [6, 6.07) is 0. The van der Waals surface area contributed by atoms with Crippen LogP contribution in [-0.4, -0.2) is 35.9 Å². The summed E-state index contributed by atoms with van der Waals surface area (Å²) in [6.45, 7) is 11.6. The second kappa shape index (κ2) is 6.03. The molecule has 0 aromatic carbocycles. The van der Waals surface area contributed by atoms with Gasteiger partial charge in [-0.2, -0.15) is 0 Å². The molecule has 2 heterocycles. The average Bonchev–Trinajstić information content (AvgIpc) is 3.11. The Labute approximate surface area is 143 Å². The lowest BCUT2D eigenvalue weighted by atomic mass is 9.83. The molecule has 0 radical (unpaired) electrons. The summed E-state index contributed by atoms with van der Waals surface area (Å²) in [6.07, 6.45) is 3.59. The van der Waals surface area contributed by atoms with Gasteiger partial charge in [0.15, 0.2) is 0 Å². The smallest absolute Gasteiger partial charge is 0.334 e. The Hall–Kier alpha value is -1.62. The first-order chi connectivity index (χ1) is 11.2. The third kappa shape index (κ3) is 3.02. The molecule has 5 atom stereocenters. The SMILES string of the molecule is C=C1C(=O)O[C@@H]2/C=C(\C)CC[C@@H]3O[C@]3(C)[C@@H](OC(=O)C(C)C)C[C@@H]12. The van der Waals surface area contributed by atoms with Crippen molar-refractivity contribution in [3.63, 3.8) is 0 Å². The normalized spacial score (nSPS) is 41.0. The summed E-state index contributed by atoms with van der Waals surface area (Å²) in [5, 5.41) is 0. The minimum Gasteiger partial charge on any atom is -0.459 e. The van der Waals surface area contributed by atoms with Gasteiger partial charge >= 0.3 is 11.9 Å². The van der Waals surface area contributed by atoms with Crippen LogP contribution in [0.3, 0.4) is 0 Å². The molecule has 0 saturated carbocycles. The Morgan fingerprint density at radius 2 is 2.17 bits per heavy atom. The fourth-order valence-corrected chi connectivity index (χ4v) is 3.59. The third-order valence-corrected chi connectivity index (χ3v) is 5.41. The molecule has 0 aromatic rings. The molecule has 132 valence electrons. The van der Waals surface area contributed by atoms with Gasteiger partial charge in [-0.15, -0.1) is 0 Å². The van der Waals surface area contributed by atoms with Crippen molar-refractivity contribution in [1.29, 1.82) is 0 Å². The van der Waals surface area contributed by atoms with Crippen molar-refractivity contribution in [2.45, 2.75) is 70.9 Å². The van der Waals surface area contributed by atoms with Crippen molar-refractivity contribution in [2.24, 2.45) is 11.8 Å². The average molecular weight is 334 g/mol. The second-order valence-corrected chi connectivity index (χ2v) is 7.66. The van der Waals surface area contributed by atoms with Crippen LogP contribution in [0.4, 0.5) is 0 Å². The van der Waals surface area contributed by atoms with Crippen LogP contribution in [-0.2, 0) is 23.8 Å². The van der Waals surface area contributed by atoms with Crippen LogP contribution in [0.5, 0.6) is 0 Å². The van der Waals surface area contributed by atoms with Crippen molar-refractivity contribution in [2.75, 3.05) is 0 Å². The second-order valence-electron chi connectivity index (χ2n) is 7.66. The van der Waals surface area contributed by atoms with Crippen molar-refractivity contribution in [3.05, 3.63) is 23.8 Å². The summed E-state index contributed by atoms with van der Waals surface area (Å²) in [5.41, 5.74) is 1.15. The Morgan fingerprint density at radius 1 is 1.46 bits per heavy atom. The molecule has 24 heavy (non-hydrogen) atoms. The number of hydrogen-bond acceptors (Lipinski definition) is 5. The first kappa shape index (κ1) is 17.2. The minimum atomic E-state index is -0.487. The molecule has 2 fully saturated rings. The number of ether oxygens (including phenoxy) is 3. The van der Waals surface area contributed by atoms with Gasteiger partial charge in [0.05, 0.1) is 12.0 Å². The minimum absolute atomic E-state index is 0.0775. The number of rotatable bonds is 2. The Morgan fingerprint density at radius 3 is 2.83 bits per heavy atom. The Balaban J connectivity index is 1.89. The number of fused-ring (bicyclic) bond motifs is 2. The van der Waals surface area contributed by atoms with E-state index in [4.69, 9.17) is 14.2 Å². The van der Waals surface area contributed by atoms with E-state index in [0.717, 1.165) is 12.8 Å². The molecular formula is C19H26O5. The van der Waals surface area contributed by atoms with E-state index in [1.165, 1.54) is 5.57 Å². The molecule has 3 rings (SSSR count). The maximum absolute atomic E-state index is 12.1. The maximum Gasteiger partial charge on any atom is 0.334 e. The lowest BCUT2D eigenvalue weighted by Gasteiger charge is -2.27. The lowest BCUT2D eigenvalue weighted by molar-refractivity contribution is -0.157. The lowest BCUT2D eigenvalue weighted by Crippen LogP contribution is -2.38. The molecule has 0 N–H and O–H groups in total. The molecular weight excluding hydrogens is 308 g/mol. The summed E-state index contributed by atoms with van der Waals surface area (Å²) >= 11 is 0. The highest BCUT2D eigenvalue weighted by atomic mass is 16.6. The van der Waals surface area contributed by atoms with E-state index in [1.54, 1.807) is 0 Å². The molecule has 2 aliphatic heterocycles. The number of carbonyl (C=O) groups excluding carboxylic acids is 2. The standard InChI is InChI=1S/C19H26O5/c1-10(2)17(20)23-16-9-13-12(4)18(21)22-14(13)8-11(3)6-7-15-19(16,5)24-15/h8,10,13-16H,4,6-7,9H2,1-3,5H3/b11-8+/t13-,14+,15-,16-,19-/m0/s1. The zero-order chi connectivity index (χ0) is 17.6. The van der Waals surface area contributed by atoms with Crippen LogP contribution in [0.2, 0.25) is 0 Å². The van der Waals surface area contributed by atoms with E-state index < -0.39 is 11.7 Å². The van der Waals surface area contributed by atoms with Crippen LogP contribution >= 0.6 is 0 Å². The first-order valence-electron chi connectivity index (χ1n) is 8.67. The van der Waals surface area contributed by atoms with Crippen molar-refractivity contribution >= 4 is 11.9 Å². The zero-order valence-corrected chi connectivity index (χ0v) is 14.8. The third-order valence-electron chi connectivity index (χ3n) is 5.41. The number of carbonyl (C=O) groups is 2. The fraction of sp³-hybridized carbons (Fsp3) is 0.684. The maximum atomic E-state index is 12.1. The van der Waals surface area contributed by atoms with E-state index in [2.05, 4.69) is 6.58 Å². The molecule has 0 unspecified atom stereocenters. The molecule has 3 aliphatic rings. The van der Waals surface area contributed by atoms with Crippen molar-refractivity contribution in [1.82, 2.24) is 0 Å². The molecule has 2 saturated heterocycles. The summed E-state index contributed by atoms with van der Waals surface area (Å²) in [5.74, 6) is -0.992. The van der Waals surface area contributed by atoms with Gasteiger partial charge in [-0.05, 0) is 39.2 Å². The van der Waals surface area contributed by atoms with Gasteiger partial charge in [0.1, 0.15) is 17.8 Å². The Kier molecular flexibility index (Phi) is 4.32. The van der Waals surface area contributed by atoms with E-state index in [-0.39, 0.29) is 36.0 Å². The molecule has 0 spiro atoms. The van der Waals surface area contributed by atoms with Crippen LogP contribution in [0.15, 0.2) is 23.8 Å². The van der Waals surface area contributed by atoms with Crippen LogP contribution in [0.25, 0.3) is 0 Å². The zero-order valence-electron chi connectivity index (χ0n) is 14.8. The summed E-state index contributed by atoms with van der Waals surface area (Å²) in [7, 11) is 0. The van der Waals surface area contributed by atoms with Crippen molar-refractivity contribution in [3.8, 4) is 0 Å². The molecule has 0 bridgehead atoms. The first-order valence-corrected chi connectivity index (χ1v) is 8.67. The van der Waals surface area contributed by atoms with Gasteiger partial charge in [-0.25, -0.2) is 4.79 Å². The topological polar surface area (TPSA) is 65.1 Å². The monoisotopic (exact) mass is 334 g/mol. The molecule has 0 aromatic heterocycles. The van der Waals surface area contributed by atoms with E-state index in [0.29, 0.717) is 12.0 Å². The predicted molar refractivity (Wildman–Crippen MR) is 88.1 cm³/mol. The highest BCUT2D eigenvalue weighted by Crippen LogP contribution is 2.48. The molecule has 5 nitrogen and oxygen atoms in total. The molecule has 5 heteroatoms. The number of allylic oxidation sites excluding steroid dienone is 1. The number of epoxide rings is 1. The van der Waals surface area contributed by atoms with Gasteiger partial charge < -0.3 is 14.2 Å². The van der Waals surface area contributed by atoms with Crippen LogP contribution in [0.1, 0.15) is 47.0 Å². The van der Waals surface area contributed by atoms with E-state index in [1.807, 2.05) is 33.8 Å². The van der Waals surface area contributed by atoms with Gasteiger partial charge in [0.2, 0.25) is 0 Å². The van der Waals surface area contributed by atoms with Gasteiger partial charge in [0.25, 0.3) is 0 Å². The number of esters is 2. The summed E-state index contributed by atoms with van der Waals surface area (Å²) < 4.78 is 17.2. The van der Waals surface area contributed by atoms with E-state index >= 15 is 0 Å². The van der Waals surface area contributed by atoms with Crippen LogP contribution < -0.4 is 0 Å². The van der Waals surface area contributed by atoms with Gasteiger partial charge in [-0.3, -0.25) is 4.79 Å². The largest absolute Gasteiger partial charge is 0.459 e. The summed E-state index contributed by atoms with van der Waals surface area (Å²) in [4.78, 5) is 24.1. The predicted octanol–water partition coefficient (Wildman–Crippen LogP) is 2.94. The number of hydrogen-bond donors (Lipinski definition) is 0. The van der Waals surface area contributed by atoms with Gasteiger partial charge in [-0.1, -0.05) is 26.0 Å². The van der Waals surface area contributed by atoms with Gasteiger partial charge in [0, 0.05) is 11.5 Å². The van der Waals surface area contributed by atoms with Crippen molar-refractivity contribution < 1.29 is 23.8 Å². The van der Waals surface area contributed by atoms with Crippen LogP contribution in [0, 0.1) is 11.8 Å².